The lowest BCUT2D eigenvalue weighted by Crippen LogP contribution is -2.13. The Labute approximate surface area is 173 Å². The van der Waals surface area contributed by atoms with E-state index < -0.39 is 0 Å². The molecular formula is C21H34O8. The summed E-state index contributed by atoms with van der Waals surface area (Å²) >= 11 is 0. The normalized spacial score (nSPS) is 10.0. The van der Waals surface area contributed by atoms with Gasteiger partial charge in [-0.3, -0.25) is 0 Å². The van der Waals surface area contributed by atoms with Crippen molar-refractivity contribution >= 4 is 11.9 Å². The molecule has 0 fully saturated rings. The molecule has 0 atom stereocenters. The SMILES string of the molecule is CCOC(=O)COCCCO.CCOC(=O)COCCCOCc1ccccc1. The van der Waals surface area contributed by atoms with Crippen molar-refractivity contribution < 1.29 is 38.4 Å². The Balaban J connectivity index is 0.000000614. The summed E-state index contributed by atoms with van der Waals surface area (Å²) in [7, 11) is 0. The summed E-state index contributed by atoms with van der Waals surface area (Å²) in [6, 6.07) is 10.0. The van der Waals surface area contributed by atoms with Gasteiger partial charge < -0.3 is 28.8 Å². The highest BCUT2D eigenvalue weighted by Crippen LogP contribution is 2.00. The number of carbonyl (C=O) groups excluding carboxylic acids is 2. The maximum absolute atomic E-state index is 10.9. The lowest BCUT2D eigenvalue weighted by molar-refractivity contribution is -0.149. The first kappa shape index (κ1) is 27.0. The van der Waals surface area contributed by atoms with E-state index in [-0.39, 0.29) is 31.8 Å². The lowest BCUT2D eigenvalue weighted by Gasteiger charge is -2.05. The molecule has 0 aliphatic rings. The zero-order valence-corrected chi connectivity index (χ0v) is 17.5. The zero-order valence-electron chi connectivity index (χ0n) is 17.5. The summed E-state index contributed by atoms with van der Waals surface area (Å²) in [5.41, 5.74) is 1.16. The number of aliphatic hydroxyl groups excluding tert-OH is 1. The van der Waals surface area contributed by atoms with E-state index in [4.69, 9.17) is 24.1 Å². The van der Waals surface area contributed by atoms with Gasteiger partial charge in [-0.1, -0.05) is 30.3 Å². The molecule has 0 radical (unpaired) electrons. The van der Waals surface area contributed by atoms with Crippen LogP contribution in [-0.4, -0.2) is 69.9 Å². The minimum Gasteiger partial charge on any atom is -0.464 e. The third-order valence-electron chi connectivity index (χ3n) is 3.19. The Kier molecular flexibility index (Phi) is 19.3. The molecule has 0 saturated carbocycles. The minimum absolute atomic E-state index is 0.0200. The smallest absolute Gasteiger partial charge is 0.332 e. The number of esters is 2. The first-order valence-electron chi connectivity index (χ1n) is 9.83. The van der Waals surface area contributed by atoms with Crippen molar-refractivity contribution in [3.63, 3.8) is 0 Å². The quantitative estimate of drug-likeness (QED) is 0.344. The van der Waals surface area contributed by atoms with E-state index in [1.165, 1.54) is 0 Å². The Hall–Kier alpha value is -2.00. The summed E-state index contributed by atoms with van der Waals surface area (Å²) in [6.45, 7) is 6.51. The van der Waals surface area contributed by atoms with Crippen LogP contribution in [0.5, 0.6) is 0 Å². The molecule has 0 aliphatic carbocycles. The van der Waals surface area contributed by atoms with Crippen molar-refractivity contribution in [3.8, 4) is 0 Å². The van der Waals surface area contributed by atoms with E-state index >= 15 is 0 Å². The van der Waals surface area contributed by atoms with Crippen LogP contribution in [0.4, 0.5) is 0 Å². The molecule has 1 aromatic rings. The standard InChI is InChI=1S/C14H20O4.C7H14O4/c1-2-18-14(15)12-17-10-6-9-16-11-13-7-4-3-5-8-13;1-2-11-7(9)6-10-5-3-4-8/h3-5,7-8H,2,6,9-12H2,1H3;8H,2-6H2,1H3. The molecule has 166 valence electrons. The van der Waals surface area contributed by atoms with Gasteiger partial charge in [-0.2, -0.15) is 0 Å². The predicted molar refractivity (Wildman–Crippen MR) is 107 cm³/mol. The number of hydrogen-bond donors (Lipinski definition) is 1. The molecule has 0 spiro atoms. The Bertz CT molecular complexity index is 507. The first-order chi connectivity index (χ1) is 14.1. The highest BCUT2D eigenvalue weighted by Gasteiger charge is 2.01. The van der Waals surface area contributed by atoms with Crippen molar-refractivity contribution in [1.82, 2.24) is 0 Å². The van der Waals surface area contributed by atoms with Gasteiger partial charge in [0.15, 0.2) is 0 Å². The molecule has 1 aromatic carbocycles. The van der Waals surface area contributed by atoms with Crippen molar-refractivity contribution in [3.05, 3.63) is 35.9 Å². The van der Waals surface area contributed by atoms with Gasteiger partial charge in [-0.25, -0.2) is 9.59 Å². The van der Waals surface area contributed by atoms with Crippen LogP contribution in [0.25, 0.3) is 0 Å². The van der Waals surface area contributed by atoms with Crippen LogP contribution in [0.15, 0.2) is 30.3 Å². The van der Waals surface area contributed by atoms with E-state index in [0.29, 0.717) is 46.1 Å². The monoisotopic (exact) mass is 414 g/mol. The van der Waals surface area contributed by atoms with Crippen LogP contribution < -0.4 is 0 Å². The van der Waals surface area contributed by atoms with Gasteiger partial charge in [0.2, 0.25) is 0 Å². The largest absolute Gasteiger partial charge is 0.464 e. The van der Waals surface area contributed by atoms with Crippen molar-refractivity contribution in [2.24, 2.45) is 0 Å². The molecular weight excluding hydrogens is 380 g/mol. The third-order valence-corrected chi connectivity index (χ3v) is 3.19. The van der Waals surface area contributed by atoms with Crippen LogP contribution in [0, 0.1) is 0 Å². The van der Waals surface area contributed by atoms with E-state index in [0.717, 1.165) is 12.0 Å². The Morgan fingerprint density at radius 2 is 1.31 bits per heavy atom. The molecule has 0 saturated heterocycles. The Morgan fingerprint density at radius 3 is 1.83 bits per heavy atom. The van der Waals surface area contributed by atoms with Gasteiger partial charge in [0.25, 0.3) is 0 Å². The second-order valence-corrected chi connectivity index (χ2v) is 5.68. The summed E-state index contributed by atoms with van der Waals surface area (Å²) in [4.78, 5) is 21.5. The highest BCUT2D eigenvalue weighted by atomic mass is 16.6. The fourth-order valence-corrected chi connectivity index (χ4v) is 1.91. The molecule has 29 heavy (non-hydrogen) atoms. The molecule has 1 rings (SSSR count). The van der Waals surface area contributed by atoms with Crippen LogP contribution in [-0.2, 0) is 39.9 Å². The number of aliphatic hydroxyl groups is 1. The second kappa shape index (κ2) is 20.7. The van der Waals surface area contributed by atoms with Crippen molar-refractivity contribution in [2.45, 2.75) is 33.3 Å². The van der Waals surface area contributed by atoms with Gasteiger partial charge in [-0.15, -0.1) is 0 Å². The molecule has 1 N–H and O–H groups in total. The lowest BCUT2D eigenvalue weighted by atomic mass is 10.2. The summed E-state index contributed by atoms with van der Waals surface area (Å²) in [5.74, 6) is -0.673. The van der Waals surface area contributed by atoms with Crippen LogP contribution in [0.2, 0.25) is 0 Å². The summed E-state index contributed by atoms with van der Waals surface area (Å²) in [5, 5.41) is 8.34. The summed E-state index contributed by atoms with van der Waals surface area (Å²) in [6.07, 6.45) is 1.33. The number of hydrogen-bond acceptors (Lipinski definition) is 8. The van der Waals surface area contributed by atoms with Gasteiger partial charge in [0, 0.05) is 26.4 Å². The van der Waals surface area contributed by atoms with Crippen LogP contribution in [0.3, 0.4) is 0 Å². The number of carbonyl (C=O) groups is 2. The van der Waals surface area contributed by atoms with E-state index in [9.17, 15) is 9.59 Å². The summed E-state index contributed by atoms with van der Waals surface area (Å²) < 4.78 is 24.8. The number of benzene rings is 1. The predicted octanol–water partition coefficient (Wildman–Crippen LogP) is 2.12. The molecule has 0 heterocycles. The van der Waals surface area contributed by atoms with Crippen molar-refractivity contribution in [2.75, 3.05) is 52.9 Å². The topological polar surface area (TPSA) is 101 Å². The molecule has 8 nitrogen and oxygen atoms in total. The van der Waals surface area contributed by atoms with E-state index in [1.807, 2.05) is 30.3 Å². The second-order valence-electron chi connectivity index (χ2n) is 5.68. The Morgan fingerprint density at radius 1 is 0.793 bits per heavy atom. The van der Waals surface area contributed by atoms with Gasteiger partial charge in [0.1, 0.15) is 13.2 Å². The minimum atomic E-state index is -0.356. The molecule has 0 aliphatic heterocycles. The van der Waals surface area contributed by atoms with Crippen LogP contribution >= 0.6 is 0 Å². The number of ether oxygens (including phenoxy) is 5. The van der Waals surface area contributed by atoms with Gasteiger partial charge in [0.05, 0.1) is 19.8 Å². The zero-order chi connectivity index (χ0) is 21.6. The van der Waals surface area contributed by atoms with Gasteiger partial charge in [-0.05, 0) is 32.3 Å². The van der Waals surface area contributed by atoms with E-state index in [1.54, 1.807) is 13.8 Å². The third kappa shape index (κ3) is 19.1. The average molecular weight is 414 g/mol. The maximum atomic E-state index is 10.9. The molecule has 8 heteroatoms. The van der Waals surface area contributed by atoms with Crippen LogP contribution in [0.1, 0.15) is 32.3 Å². The van der Waals surface area contributed by atoms with E-state index in [2.05, 4.69) is 4.74 Å². The van der Waals surface area contributed by atoms with Crippen molar-refractivity contribution in [1.29, 1.82) is 0 Å². The molecule has 0 bridgehead atoms. The first-order valence-corrected chi connectivity index (χ1v) is 9.83. The van der Waals surface area contributed by atoms with Gasteiger partial charge >= 0.3 is 11.9 Å². The number of rotatable bonds is 15. The molecule has 0 aromatic heterocycles. The average Bonchev–Trinajstić information content (AvgIpc) is 2.72. The molecule has 0 amide bonds. The fraction of sp³-hybridized carbons (Fsp3) is 0.619. The highest BCUT2D eigenvalue weighted by molar-refractivity contribution is 5.70. The fourth-order valence-electron chi connectivity index (χ4n) is 1.91. The maximum Gasteiger partial charge on any atom is 0.332 e. The molecule has 0 unspecified atom stereocenters.